The van der Waals surface area contributed by atoms with Crippen molar-refractivity contribution >= 4 is 74.1 Å². The second-order valence-electron chi connectivity index (χ2n) is 10.1. The van der Waals surface area contributed by atoms with Gasteiger partial charge in [-0.25, -0.2) is 14.1 Å². The minimum atomic E-state index is -0.908. The number of thioether (sulfide) groups is 1. The molecule has 3 aromatic carbocycles. The number of hydrogen-bond donors (Lipinski definition) is 2. The van der Waals surface area contributed by atoms with Gasteiger partial charge in [-0.1, -0.05) is 39.0 Å². The molecule has 0 saturated carbocycles. The number of hydrogen-bond acceptors (Lipinski definition) is 9. The molecule has 1 aromatic heterocycles. The Kier molecular flexibility index (Phi) is 8.62. The molecule has 0 spiro atoms. The molecule has 45 heavy (non-hydrogen) atoms. The van der Waals surface area contributed by atoms with Crippen LogP contribution < -0.4 is 19.8 Å². The molecule has 2 N–H and O–H groups in total. The first-order chi connectivity index (χ1) is 21.6. The molecule has 3 amide bonds. The molecule has 230 valence electrons. The van der Waals surface area contributed by atoms with E-state index in [0.717, 1.165) is 28.0 Å². The Morgan fingerprint density at radius 2 is 1.76 bits per heavy atom. The summed E-state index contributed by atoms with van der Waals surface area (Å²) < 4.78 is 25.2. The van der Waals surface area contributed by atoms with Crippen LogP contribution in [0, 0.1) is 11.7 Å². The summed E-state index contributed by atoms with van der Waals surface area (Å²) in [4.78, 5) is 68.9. The lowest BCUT2D eigenvalue weighted by atomic mass is 9.82. The highest BCUT2D eigenvalue weighted by molar-refractivity contribution is 9.10. The Bertz CT molecular complexity index is 1880. The Morgan fingerprint density at radius 3 is 2.47 bits per heavy atom. The molecule has 3 heterocycles. The highest BCUT2D eigenvalue weighted by atomic mass is 79.9. The number of rotatable bonds is 8. The maximum atomic E-state index is 14.0. The third-order valence-corrected chi connectivity index (χ3v) is 10.1. The first-order valence-corrected chi connectivity index (χ1v) is 16.2. The van der Waals surface area contributed by atoms with Crippen molar-refractivity contribution in [2.45, 2.75) is 23.1 Å². The van der Waals surface area contributed by atoms with Gasteiger partial charge < -0.3 is 19.8 Å². The molecule has 10 nitrogen and oxygen atoms in total. The molecular formula is C31H23BrFN3O7S2. The normalized spacial score (nSPS) is 18.7. The van der Waals surface area contributed by atoms with Gasteiger partial charge in [0.1, 0.15) is 16.8 Å². The van der Waals surface area contributed by atoms with Gasteiger partial charge in [0, 0.05) is 26.5 Å². The Balaban J connectivity index is 1.28. The van der Waals surface area contributed by atoms with Crippen molar-refractivity contribution < 1.29 is 33.0 Å². The second-order valence-corrected chi connectivity index (χ2v) is 13.1. The van der Waals surface area contributed by atoms with E-state index in [4.69, 9.17) is 9.47 Å². The van der Waals surface area contributed by atoms with Crippen molar-refractivity contribution in [3.8, 4) is 5.75 Å². The zero-order chi connectivity index (χ0) is 31.8. The van der Waals surface area contributed by atoms with Crippen LogP contribution >= 0.6 is 39.0 Å². The number of benzene rings is 3. The molecule has 0 radical (unpaired) electrons. The number of aromatic amines is 1. The number of esters is 1. The van der Waals surface area contributed by atoms with E-state index >= 15 is 0 Å². The van der Waals surface area contributed by atoms with Gasteiger partial charge in [-0.05, 0) is 73.7 Å². The van der Waals surface area contributed by atoms with Crippen LogP contribution in [0.15, 0.2) is 81.0 Å². The number of ether oxygens (including phenoxy) is 2. The van der Waals surface area contributed by atoms with Gasteiger partial charge in [0.25, 0.3) is 5.91 Å². The van der Waals surface area contributed by atoms with E-state index < -0.39 is 53.2 Å². The van der Waals surface area contributed by atoms with Crippen molar-refractivity contribution in [2.75, 3.05) is 23.4 Å². The van der Waals surface area contributed by atoms with Crippen LogP contribution in [0.3, 0.4) is 0 Å². The topological polar surface area (TPSA) is 135 Å². The molecule has 6 rings (SSSR count). The third-order valence-electron chi connectivity index (χ3n) is 7.25. The van der Waals surface area contributed by atoms with E-state index in [2.05, 4.69) is 26.2 Å². The number of aromatic nitrogens is 1. The Hall–Kier alpha value is -4.27. The summed E-state index contributed by atoms with van der Waals surface area (Å²) >= 11 is 5.54. The zero-order valence-corrected chi connectivity index (χ0v) is 26.6. The number of carbonyl (C=O) groups excluding carboxylic acids is 4. The molecule has 0 unspecified atom stereocenters. The van der Waals surface area contributed by atoms with E-state index in [0.29, 0.717) is 31.2 Å². The number of imide groups is 1. The smallest absolute Gasteiger partial charge is 0.338 e. The largest absolute Gasteiger partial charge is 0.483 e. The zero-order valence-electron chi connectivity index (χ0n) is 23.4. The molecule has 2 aliphatic heterocycles. The number of anilines is 2. The lowest BCUT2D eigenvalue weighted by molar-refractivity contribution is -0.122. The average molecular weight is 713 g/mol. The number of halogens is 2. The fourth-order valence-electron chi connectivity index (χ4n) is 5.34. The number of nitrogens with one attached hydrogen (secondary N) is 2. The number of H-pyrrole nitrogens is 1. The molecule has 0 aliphatic carbocycles. The molecule has 2 aliphatic rings. The van der Waals surface area contributed by atoms with E-state index in [1.807, 2.05) is 0 Å². The minimum Gasteiger partial charge on any atom is -0.483 e. The van der Waals surface area contributed by atoms with Crippen molar-refractivity contribution in [3.63, 3.8) is 0 Å². The lowest BCUT2D eigenvalue weighted by Gasteiger charge is -2.31. The van der Waals surface area contributed by atoms with Gasteiger partial charge in [-0.2, -0.15) is 0 Å². The molecule has 1 saturated heterocycles. The maximum absolute atomic E-state index is 14.0. The minimum absolute atomic E-state index is 0.245. The van der Waals surface area contributed by atoms with Gasteiger partial charge in [-0.15, -0.1) is 0 Å². The summed E-state index contributed by atoms with van der Waals surface area (Å²) in [7, 11) is 0. The van der Waals surface area contributed by atoms with Gasteiger partial charge in [0.15, 0.2) is 6.61 Å². The first-order valence-electron chi connectivity index (χ1n) is 13.7. The van der Waals surface area contributed by atoms with Gasteiger partial charge in [-0.3, -0.25) is 19.2 Å². The van der Waals surface area contributed by atoms with Crippen molar-refractivity contribution in [1.82, 2.24) is 4.98 Å². The number of nitrogens with zero attached hydrogens (tertiary/aromatic N) is 1. The molecule has 3 atom stereocenters. The van der Waals surface area contributed by atoms with Gasteiger partial charge in [0.2, 0.25) is 11.8 Å². The SMILES string of the molecule is CCOC(=O)c1ccc(NC(=O)COc2ccc(Br)cc2[C@@H]2c3sc(=O)[nH]c3S[C@H]3C(=O)N(c4ccc(F)cc4)C(=O)[C@@H]23)cc1. The molecule has 14 heteroatoms. The third kappa shape index (κ3) is 6.04. The molecule has 0 bridgehead atoms. The summed E-state index contributed by atoms with van der Waals surface area (Å²) in [6.07, 6.45) is 0. The van der Waals surface area contributed by atoms with E-state index in [1.54, 1.807) is 37.3 Å². The summed E-state index contributed by atoms with van der Waals surface area (Å²) in [5, 5.41) is 2.33. The maximum Gasteiger partial charge on any atom is 0.338 e. The summed E-state index contributed by atoms with van der Waals surface area (Å²) in [5.74, 6) is -3.80. The van der Waals surface area contributed by atoms with Crippen LogP contribution in [-0.4, -0.2) is 47.1 Å². The predicted octanol–water partition coefficient (Wildman–Crippen LogP) is 5.33. The van der Waals surface area contributed by atoms with Crippen LogP contribution in [0.4, 0.5) is 15.8 Å². The number of carbonyl (C=O) groups is 4. The van der Waals surface area contributed by atoms with Crippen molar-refractivity contribution in [3.05, 3.63) is 103 Å². The van der Waals surface area contributed by atoms with E-state index in [-0.39, 0.29) is 22.9 Å². The highest BCUT2D eigenvalue weighted by Crippen LogP contribution is 2.54. The van der Waals surface area contributed by atoms with E-state index in [9.17, 15) is 28.4 Å². The monoisotopic (exact) mass is 711 g/mol. The van der Waals surface area contributed by atoms with Gasteiger partial charge >= 0.3 is 10.8 Å². The standard InChI is InChI=1S/C31H23BrFN3O7S2/c1-2-42-30(40)15-3-8-18(9-4-15)34-22(37)14-43-21-12-5-16(32)13-20(21)23-24-26(44-27-25(23)45-31(41)35-27)29(39)36(28(24)38)19-10-6-17(33)7-11-19/h3-13,23-24,26H,2,14H2,1H3,(H,34,37)(H,35,41)/t23-,24-,26+/m0/s1. The van der Waals surface area contributed by atoms with Crippen molar-refractivity contribution in [2.24, 2.45) is 5.92 Å². The Morgan fingerprint density at radius 1 is 1.02 bits per heavy atom. The lowest BCUT2D eigenvalue weighted by Crippen LogP contribution is -2.32. The average Bonchev–Trinajstić information content (AvgIpc) is 3.51. The number of amides is 3. The first kappa shape index (κ1) is 30.7. The number of thiazole rings is 1. The van der Waals surface area contributed by atoms with Crippen LogP contribution in [0.25, 0.3) is 0 Å². The van der Waals surface area contributed by atoms with E-state index in [1.165, 1.54) is 36.4 Å². The summed E-state index contributed by atoms with van der Waals surface area (Å²) in [6, 6.07) is 16.4. The fraction of sp³-hybridized carbons (Fsp3) is 0.194. The van der Waals surface area contributed by atoms with Crippen LogP contribution in [0.2, 0.25) is 0 Å². The fourth-order valence-corrected chi connectivity index (χ4v) is 8.22. The Labute approximate surface area is 272 Å². The molecular weight excluding hydrogens is 689 g/mol. The van der Waals surface area contributed by atoms with Crippen LogP contribution in [0.1, 0.15) is 33.6 Å². The second kappa shape index (κ2) is 12.6. The number of fused-ring (bicyclic) bond motifs is 2. The van der Waals surface area contributed by atoms with Crippen LogP contribution in [0.5, 0.6) is 5.75 Å². The summed E-state index contributed by atoms with van der Waals surface area (Å²) in [5.41, 5.74) is 1.54. The summed E-state index contributed by atoms with van der Waals surface area (Å²) in [6.45, 7) is 1.56. The highest BCUT2D eigenvalue weighted by Gasteiger charge is 2.56. The predicted molar refractivity (Wildman–Crippen MR) is 169 cm³/mol. The van der Waals surface area contributed by atoms with Gasteiger partial charge in [0.05, 0.1) is 28.8 Å². The van der Waals surface area contributed by atoms with Crippen molar-refractivity contribution in [1.29, 1.82) is 0 Å². The quantitative estimate of drug-likeness (QED) is 0.185. The molecule has 4 aromatic rings. The van der Waals surface area contributed by atoms with Crippen LogP contribution in [-0.2, 0) is 19.1 Å². The molecule has 1 fully saturated rings.